The first-order valence-corrected chi connectivity index (χ1v) is 6.44. The first kappa shape index (κ1) is 15.6. The number of nitrogens with zero attached hydrogens (tertiary/aromatic N) is 1. The molecule has 2 aromatic rings. The summed E-state index contributed by atoms with van der Waals surface area (Å²) < 4.78 is 5.42. The second-order valence-corrected chi connectivity index (χ2v) is 4.76. The van der Waals surface area contributed by atoms with Gasteiger partial charge in [-0.05, 0) is 23.8 Å². The Bertz CT molecular complexity index is 731. The molecule has 0 atom stereocenters. The predicted molar refractivity (Wildman–Crippen MR) is 79.1 cm³/mol. The van der Waals surface area contributed by atoms with Crippen LogP contribution in [0, 0.1) is 10.1 Å². The Balaban J connectivity index is 2.31. The number of hydrogen-bond acceptors (Lipinski definition) is 5. The maximum absolute atomic E-state index is 11.2. The number of benzene rings is 2. The van der Waals surface area contributed by atoms with Crippen LogP contribution in [0.1, 0.15) is 15.9 Å². The van der Waals surface area contributed by atoms with Gasteiger partial charge in [-0.15, -0.1) is 0 Å². The Labute approximate surface area is 130 Å². The lowest BCUT2D eigenvalue weighted by Gasteiger charge is -2.10. The number of phenolic OH excluding ortho intramolecular Hbond substituents is 1. The van der Waals surface area contributed by atoms with Gasteiger partial charge in [0.15, 0.2) is 5.02 Å². The van der Waals surface area contributed by atoms with Crippen molar-refractivity contribution in [2.24, 2.45) is 5.73 Å². The summed E-state index contributed by atoms with van der Waals surface area (Å²) in [5.74, 6) is -0.736. The Morgan fingerprint density at radius 3 is 2.50 bits per heavy atom. The number of nitro groups is 1. The molecule has 22 heavy (non-hydrogen) atoms. The van der Waals surface area contributed by atoms with E-state index in [1.807, 2.05) is 0 Å². The SMILES string of the molecule is NC(=O)c1cc(OCc2ccc(O)cc2)c(Cl)c([N+](=O)[O-])c1. The van der Waals surface area contributed by atoms with Crippen molar-refractivity contribution >= 4 is 23.2 Å². The van der Waals surface area contributed by atoms with E-state index in [2.05, 4.69) is 0 Å². The summed E-state index contributed by atoms with van der Waals surface area (Å²) in [6, 6.07) is 8.44. The second-order valence-electron chi connectivity index (χ2n) is 4.38. The van der Waals surface area contributed by atoms with E-state index in [1.165, 1.54) is 18.2 Å². The number of nitro benzene ring substituents is 1. The molecule has 1 amide bonds. The van der Waals surface area contributed by atoms with E-state index in [0.717, 1.165) is 6.07 Å². The smallest absolute Gasteiger partial charge is 0.292 e. The number of rotatable bonds is 5. The zero-order chi connectivity index (χ0) is 16.3. The zero-order valence-corrected chi connectivity index (χ0v) is 11.9. The summed E-state index contributed by atoms with van der Waals surface area (Å²) in [6.45, 7) is 0.0549. The topological polar surface area (TPSA) is 116 Å². The number of amides is 1. The highest BCUT2D eigenvalue weighted by Gasteiger charge is 2.21. The van der Waals surface area contributed by atoms with Crippen LogP contribution >= 0.6 is 11.6 Å². The third kappa shape index (κ3) is 3.44. The van der Waals surface area contributed by atoms with Crippen molar-refractivity contribution in [2.75, 3.05) is 0 Å². The summed E-state index contributed by atoms with van der Waals surface area (Å²) >= 11 is 5.91. The van der Waals surface area contributed by atoms with Crippen molar-refractivity contribution < 1.29 is 19.6 Å². The largest absolute Gasteiger partial charge is 0.508 e. The average molecular weight is 323 g/mol. The standard InChI is InChI=1S/C14H11ClN2O5/c15-13-11(17(20)21)5-9(14(16)19)6-12(13)22-7-8-1-3-10(18)4-2-8/h1-6,18H,7H2,(H2,16,19). The number of hydrogen-bond donors (Lipinski definition) is 2. The molecule has 7 nitrogen and oxygen atoms in total. The molecule has 0 spiro atoms. The number of carbonyl (C=O) groups is 1. The minimum absolute atomic E-state index is 0.0160. The highest BCUT2D eigenvalue weighted by atomic mass is 35.5. The van der Waals surface area contributed by atoms with Crippen LogP contribution in [0.3, 0.4) is 0 Å². The summed E-state index contributed by atoms with van der Waals surface area (Å²) in [7, 11) is 0. The van der Waals surface area contributed by atoms with E-state index in [4.69, 9.17) is 22.1 Å². The van der Waals surface area contributed by atoms with Gasteiger partial charge in [-0.1, -0.05) is 23.7 Å². The molecule has 2 rings (SSSR count). The third-order valence-corrected chi connectivity index (χ3v) is 3.21. The molecule has 0 fully saturated rings. The molecule has 2 aromatic carbocycles. The van der Waals surface area contributed by atoms with Crippen LogP contribution < -0.4 is 10.5 Å². The Hall–Kier alpha value is -2.80. The molecule has 0 aliphatic carbocycles. The molecule has 0 radical (unpaired) electrons. The molecule has 0 aliphatic rings. The maximum Gasteiger partial charge on any atom is 0.292 e. The van der Waals surface area contributed by atoms with Crippen molar-refractivity contribution in [3.05, 3.63) is 62.7 Å². The van der Waals surface area contributed by atoms with Crippen LogP contribution in [-0.4, -0.2) is 15.9 Å². The normalized spacial score (nSPS) is 10.2. The van der Waals surface area contributed by atoms with Gasteiger partial charge < -0.3 is 15.6 Å². The first-order valence-electron chi connectivity index (χ1n) is 6.07. The van der Waals surface area contributed by atoms with Gasteiger partial charge in [-0.2, -0.15) is 0 Å². The van der Waals surface area contributed by atoms with Gasteiger partial charge in [0.05, 0.1) is 4.92 Å². The van der Waals surface area contributed by atoms with Crippen molar-refractivity contribution in [3.8, 4) is 11.5 Å². The molecule has 0 saturated carbocycles. The molecular weight excluding hydrogens is 312 g/mol. The monoisotopic (exact) mass is 322 g/mol. The quantitative estimate of drug-likeness (QED) is 0.648. The summed E-state index contributed by atoms with van der Waals surface area (Å²) in [6.07, 6.45) is 0. The van der Waals surface area contributed by atoms with Gasteiger partial charge >= 0.3 is 0 Å². The molecule has 0 aromatic heterocycles. The van der Waals surface area contributed by atoms with E-state index in [1.54, 1.807) is 12.1 Å². The number of phenols is 1. The van der Waals surface area contributed by atoms with Crippen molar-refractivity contribution in [2.45, 2.75) is 6.61 Å². The molecule has 0 bridgehead atoms. The van der Waals surface area contributed by atoms with E-state index in [9.17, 15) is 20.0 Å². The lowest BCUT2D eigenvalue weighted by molar-refractivity contribution is -0.384. The number of aromatic hydroxyl groups is 1. The fourth-order valence-corrected chi connectivity index (χ4v) is 1.95. The number of halogens is 1. The molecule has 0 saturated heterocycles. The number of primary amides is 1. The van der Waals surface area contributed by atoms with E-state index < -0.39 is 16.5 Å². The van der Waals surface area contributed by atoms with Crippen molar-refractivity contribution in [3.63, 3.8) is 0 Å². The van der Waals surface area contributed by atoms with Crippen molar-refractivity contribution in [1.82, 2.24) is 0 Å². The molecule has 114 valence electrons. The maximum atomic E-state index is 11.2. The van der Waals surface area contributed by atoms with E-state index in [0.29, 0.717) is 5.56 Å². The van der Waals surface area contributed by atoms with Crippen LogP contribution in [0.2, 0.25) is 5.02 Å². The molecule has 0 heterocycles. The van der Waals surface area contributed by atoms with Crippen LogP contribution in [-0.2, 0) is 6.61 Å². The fraction of sp³-hybridized carbons (Fsp3) is 0.0714. The van der Waals surface area contributed by atoms with Crippen LogP contribution in [0.15, 0.2) is 36.4 Å². The lowest BCUT2D eigenvalue weighted by atomic mass is 10.1. The van der Waals surface area contributed by atoms with Gasteiger partial charge in [0.1, 0.15) is 18.1 Å². The molecule has 0 unspecified atom stereocenters. The summed E-state index contributed by atoms with van der Waals surface area (Å²) in [5.41, 5.74) is 5.32. The van der Waals surface area contributed by atoms with Crippen LogP contribution in [0.5, 0.6) is 11.5 Å². The van der Waals surface area contributed by atoms with Gasteiger partial charge in [-0.25, -0.2) is 0 Å². The second kappa shape index (κ2) is 6.31. The summed E-state index contributed by atoms with van der Waals surface area (Å²) in [5, 5.41) is 19.9. The van der Waals surface area contributed by atoms with Gasteiger partial charge in [0, 0.05) is 11.6 Å². The fourth-order valence-electron chi connectivity index (χ4n) is 1.72. The van der Waals surface area contributed by atoms with Gasteiger partial charge in [0.2, 0.25) is 5.91 Å². The molecule has 0 aliphatic heterocycles. The minimum atomic E-state index is -0.825. The third-order valence-electron chi connectivity index (χ3n) is 2.83. The number of carbonyl (C=O) groups excluding carboxylic acids is 1. The lowest BCUT2D eigenvalue weighted by Crippen LogP contribution is -2.12. The molecule has 3 N–H and O–H groups in total. The van der Waals surface area contributed by atoms with Crippen LogP contribution in [0.4, 0.5) is 5.69 Å². The Morgan fingerprint density at radius 1 is 1.32 bits per heavy atom. The highest BCUT2D eigenvalue weighted by molar-refractivity contribution is 6.34. The Morgan fingerprint density at radius 2 is 1.95 bits per heavy atom. The number of ether oxygens (including phenoxy) is 1. The number of nitrogens with two attached hydrogens (primary N) is 1. The van der Waals surface area contributed by atoms with E-state index in [-0.39, 0.29) is 28.7 Å². The first-order chi connectivity index (χ1) is 10.4. The summed E-state index contributed by atoms with van der Waals surface area (Å²) in [4.78, 5) is 21.5. The zero-order valence-electron chi connectivity index (χ0n) is 11.2. The minimum Gasteiger partial charge on any atom is -0.508 e. The molecular formula is C14H11ClN2O5. The average Bonchev–Trinajstić information content (AvgIpc) is 2.47. The van der Waals surface area contributed by atoms with Gasteiger partial charge in [0.25, 0.3) is 5.69 Å². The predicted octanol–water partition coefficient (Wildman–Crippen LogP) is 2.63. The highest BCUT2D eigenvalue weighted by Crippen LogP contribution is 2.35. The Kier molecular flexibility index (Phi) is 4.47. The van der Waals surface area contributed by atoms with Crippen LogP contribution in [0.25, 0.3) is 0 Å². The van der Waals surface area contributed by atoms with Gasteiger partial charge in [-0.3, -0.25) is 14.9 Å². The van der Waals surface area contributed by atoms with Crippen molar-refractivity contribution in [1.29, 1.82) is 0 Å². The van der Waals surface area contributed by atoms with E-state index >= 15 is 0 Å². The molecule has 8 heteroatoms.